The van der Waals surface area contributed by atoms with Crippen molar-refractivity contribution >= 4 is 5.91 Å². The van der Waals surface area contributed by atoms with Gasteiger partial charge in [0.15, 0.2) is 12.6 Å². The zero-order valence-corrected chi connectivity index (χ0v) is 25.5. The van der Waals surface area contributed by atoms with E-state index in [0.29, 0.717) is 0 Å². The molecule has 0 bridgehead atoms. The number of aliphatic hydroxyl groups excluding tert-OH is 8. The largest absolute Gasteiger partial charge is 0.394 e. The fourth-order valence-electron chi connectivity index (χ4n) is 5.87. The molecule has 0 aromatic carbocycles. The van der Waals surface area contributed by atoms with Crippen molar-refractivity contribution in [3.05, 3.63) is 0 Å². The molecule has 20 heteroatoms. The number of hydrogen-bond donors (Lipinski definition) is 15. The smallest absolute Gasteiger partial charge is 0.249 e. The topological polar surface area (TPSA) is 370 Å². The predicted molar refractivity (Wildman–Crippen MR) is 157 cm³/mol. The molecule has 20 nitrogen and oxygen atoms in total. The maximum absolute atomic E-state index is 12.7. The molecule has 3 aliphatic rings. The minimum Gasteiger partial charge on any atom is -0.394 e. The molecule has 1 amide bonds. The maximum atomic E-state index is 12.7. The summed E-state index contributed by atoms with van der Waals surface area (Å²) in [5, 5.41) is 89.5. The first-order valence-corrected chi connectivity index (χ1v) is 15.4. The van der Waals surface area contributed by atoms with Gasteiger partial charge in [-0.3, -0.25) is 4.79 Å². The summed E-state index contributed by atoms with van der Waals surface area (Å²) < 4.78 is 23.4. The van der Waals surface area contributed by atoms with E-state index in [0.717, 1.165) is 0 Å². The molecule has 2 saturated heterocycles. The third-order valence-corrected chi connectivity index (χ3v) is 8.63. The molecule has 3 rings (SSSR count). The van der Waals surface area contributed by atoms with E-state index in [2.05, 4.69) is 10.6 Å². The average Bonchev–Trinajstić information content (AvgIpc) is 3.02. The lowest BCUT2D eigenvalue weighted by atomic mass is 9.83. The first-order chi connectivity index (χ1) is 21.8. The number of aliphatic hydroxyl groups is 8. The van der Waals surface area contributed by atoms with Crippen LogP contribution in [0.15, 0.2) is 0 Å². The number of hydrogen-bond acceptors (Lipinski definition) is 19. The highest BCUT2D eigenvalue weighted by atomic mass is 16.7. The molecule has 3 fully saturated rings. The van der Waals surface area contributed by atoms with Crippen molar-refractivity contribution < 1.29 is 64.6 Å². The van der Waals surface area contributed by atoms with Crippen LogP contribution >= 0.6 is 0 Å². The summed E-state index contributed by atoms with van der Waals surface area (Å²) in [6, 6.07) is -4.61. The number of rotatable bonds is 15. The summed E-state index contributed by atoms with van der Waals surface area (Å²) in [5.74, 6) is -0.841. The minimum absolute atomic E-state index is 0.00624. The fourth-order valence-corrected chi connectivity index (χ4v) is 5.87. The third-order valence-electron chi connectivity index (χ3n) is 8.63. The SMILES string of the molecule is NCCC(O)CN[C@H]1[C@@H](OC2[C@@H](N)C[C@@H](NC(=O)[C@@H](O)CCN)[C@H](O[C@H]3O[C@H](CO)[C@@H](O)[C@H](N)[C@H]3O)[C@H]2O)O[C@H](CN)[C@@H](O)[C@@H]1O. The molecular formula is C26H53N7O13. The van der Waals surface area contributed by atoms with Gasteiger partial charge in [-0.05, 0) is 32.4 Å². The van der Waals surface area contributed by atoms with E-state index < -0.39 is 116 Å². The Balaban J connectivity index is 1.89. The van der Waals surface area contributed by atoms with E-state index in [1.165, 1.54) is 0 Å². The lowest BCUT2D eigenvalue weighted by molar-refractivity contribution is -0.321. The van der Waals surface area contributed by atoms with E-state index in [-0.39, 0.29) is 45.4 Å². The van der Waals surface area contributed by atoms with Crippen LogP contribution in [0.5, 0.6) is 0 Å². The maximum Gasteiger partial charge on any atom is 0.249 e. The van der Waals surface area contributed by atoms with Crippen molar-refractivity contribution in [2.24, 2.45) is 28.7 Å². The highest BCUT2D eigenvalue weighted by Crippen LogP contribution is 2.32. The van der Waals surface area contributed by atoms with Gasteiger partial charge in [-0.15, -0.1) is 0 Å². The van der Waals surface area contributed by atoms with Crippen LogP contribution < -0.4 is 39.3 Å². The van der Waals surface area contributed by atoms with Crippen LogP contribution in [-0.4, -0.2) is 183 Å². The van der Waals surface area contributed by atoms with E-state index in [4.69, 9.17) is 47.6 Å². The number of amides is 1. The zero-order valence-electron chi connectivity index (χ0n) is 25.5. The van der Waals surface area contributed by atoms with Gasteiger partial charge in [0.05, 0.1) is 30.8 Å². The second-order valence-corrected chi connectivity index (χ2v) is 12.0. The Bertz CT molecular complexity index is 931. The molecule has 2 aliphatic heterocycles. The average molecular weight is 672 g/mol. The first kappa shape index (κ1) is 39.2. The van der Waals surface area contributed by atoms with Gasteiger partial charge in [-0.1, -0.05) is 0 Å². The Morgan fingerprint density at radius 3 is 2.07 bits per heavy atom. The Morgan fingerprint density at radius 2 is 1.46 bits per heavy atom. The van der Waals surface area contributed by atoms with Crippen molar-refractivity contribution in [2.75, 3.05) is 32.8 Å². The van der Waals surface area contributed by atoms with Crippen LogP contribution in [0.25, 0.3) is 0 Å². The zero-order chi connectivity index (χ0) is 34.3. The Hall–Kier alpha value is -1.25. The standard InChI is InChI=1S/C26H53N7O13/c27-3-1-9(35)7-32-16-20(40)18(38)13(6-29)43-25(16)45-22-10(30)5-11(33-24(42)12(36)2-4-28)23(21(22)41)46-26-19(39)15(31)17(37)14(8-34)44-26/h9-23,25-26,32,34-41H,1-8,27-31H2,(H,33,42)/t9?,10-,11+,12-,13+,14+,15-,16+,17+,18+,19+,20+,21-,22?,23-,25+,26+/m0/s1. The monoisotopic (exact) mass is 671 g/mol. The van der Waals surface area contributed by atoms with Gasteiger partial charge in [-0.2, -0.15) is 0 Å². The van der Waals surface area contributed by atoms with Crippen molar-refractivity contribution in [3.63, 3.8) is 0 Å². The lowest BCUT2D eigenvalue weighted by Gasteiger charge is -2.49. The highest BCUT2D eigenvalue weighted by Gasteiger charge is 2.52. The molecule has 17 atom stereocenters. The quantitative estimate of drug-likeness (QED) is 0.0768. The number of nitrogens with two attached hydrogens (primary N) is 5. The molecule has 1 aliphatic carbocycles. The number of carbonyl (C=O) groups excluding carboxylic acids is 1. The van der Waals surface area contributed by atoms with Gasteiger partial charge >= 0.3 is 0 Å². The fraction of sp³-hybridized carbons (Fsp3) is 0.962. The van der Waals surface area contributed by atoms with Gasteiger partial charge < -0.3 is 99.1 Å². The van der Waals surface area contributed by atoms with E-state index in [9.17, 15) is 45.6 Å². The minimum atomic E-state index is -1.71. The molecular weight excluding hydrogens is 618 g/mol. The van der Waals surface area contributed by atoms with Crippen molar-refractivity contribution in [3.8, 4) is 0 Å². The van der Waals surface area contributed by atoms with Crippen molar-refractivity contribution in [1.29, 1.82) is 0 Å². The first-order valence-electron chi connectivity index (χ1n) is 15.4. The molecule has 0 aromatic rings. The van der Waals surface area contributed by atoms with Crippen molar-refractivity contribution in [1.82, 2.24) is 10.6 Å². The van der Waals surface area contributed by atoms with E-state index in [1.54, 1.807) is 0 Å². The van der Waals surface area contributed by atoms with Crippen molar-refractivity contribution in [2.45, 2.75) is 123 Å². The van der Waals surface area contributed by atoms with Crippen LogP contribution in [0.3, 0.4) is 0 Å². The normalized spacial score (nSPS) is 43.2. The van der Waals surface area contributed by atoms with Crippen LogP contribution in [0.1, 0.15) is 19.3 Å². The number of ether oxygens (including phenoxy) is 4. The van der Waals surface area contributed by atoms with Crippen LogP contribution in [0, 0.1) is 0 Å². The van der Waals surface area contributed by atoms with Gasteiger partial charge in [0, 0.05) is 19.1 Å². The van der Waals surface area contributed by atoms with Crippen LogP contribution in [0.2, 0.25) is 0 Å². The lowest BCUT2D eigenvalue weighted by Crippen LogP contribution is -2.70. The second kappa shape index (κ2) is 17.9. The molecule has 2 heterocycles. The molecule has 270 valence electrons. The molecule has 0 aromatic heterocycles. The Labute approximate surface area is 266 Å². The van der Waals surface area contributed by atoms with E-state index in [1.807, 2.05) is 0 Å². The summed E-state index contributed by atoms with van der Waals surface area (Å²) in [6.07, 6.45) is -18.2. The summed E-state index contributed by atoms with van der Waals surface area (Å²) in [5.41, 5.74) is 29.0. The van der Waals surface area contributed by atoms with Crippen LogP contribution in [0.4, 0.5) is 0 Å². The summed E-state index contributed by atoms with van der Waals surface area (Å²) in [4.78, 5) is 12.7. The molecule has 2 unspecified atom stereocenters. The molecule has 46 heavy (non-hydrogen) atoms. The predicted octanol–water partition coefficient (Wildman–Crippen LogP) is -9.12. The highest BCUT2D eigenvalue weighted by molar-refractivity contribution is 5.80. The van der Waals surface area contributed by atoms with Crippen LogP contribution in [-0.2, 0) is 23.7 Å². The van der Waals surface area contributed by atoms with Gasteiger partial charge in [0.1, 0.15) is 61.0 Å². The third kappa shape index (κ3) is 9.25. The molecule has 0 radical (unpaired) electrons. The number of carbonyl (C=O) groups is 1. The van der Waals surface area contributed by atoms with Gasteiger partial charge in [-0.25, -0.2) is 0 Å². The van der Waals surface area contributed by atoms with Gasteiger partial charge in [0.25, 0.3) is 0 Å². The summed E-state index contributed by atoms with van der Waals surface area (Å²) in [7, 11) is 0. The molecule has 1 saturated carbocycles. The Morgan fingerprint density at radius 1 is 0.826 bits per heavy atom. The van der Waals surface area contributed by atoms with E-state index >= 15 is 0 Å². The summed E-state index contributed by atoms with van der Waals surface area (Å²) >= 11 is 0. The Kier molecular flexibility index (Phi) is 15.3. The second-order valence-electron chi connectivity index (χ2n) is 12.0. The summed E-state index contributed by atoms with van der Waals surface area (Å²) in [6.45, 7) is -0.758. The number of nitrogens with one attached hydrogen (secondary N) is 2. The molecule has 0 spiro atoms. The molecule has 20 N–H and O–H groups in total. The van der Waals surface area contributed by atoms with Gasteiger partial charge in [0.2, 0.25) is 5.91 Å².